The number of nitrogens with one attached hydrogen (secondary N) is 2. The molecule has 2 aliphatic heterocycles. The minimum Gasteiger partial charge on any atom is -0.390 e. The lowest BCUT2D eigenvalue weighted by Crippen LogP contribution is -2.52. The van der Waals surface area contributed by atoms with Crippen molar-refractivity contribution in [3.05, 3.63) is 64.7 Å². The van der Waals surface area contributed by atoms with E-state index in [4.69, 9.17) is 0 Å². The van der Waals surface area contributed by atoms with Crippen LogP contribution in [0.25, 0.3) is 0 Å². The molecule has 0 spiro atoms. The first-order valence-corrected chi connectivity index (χ1v) is 15.8. The SMILES string of the molecule is O=C1CCC(N2Cc3c(SCc4ccc(CNCCC5(O)CC6CCCC(C6)C5)cc4)cccc3C2=O)C(=O)N1. The first-order chi connectivity index (χ1) is 19.4. The Hall–Kier alpha value is -2.68. The molecule has 7 nitrogen and oxygen atoms in total. The summed E-state index contributed by atoms with van der Waals surface area (Å²) in [5, 5.41) is 17.0. The van der Waals surface area contributed by atoms with Gasteiger partial charge in [0, 0.05) is 35.7 Å². The average molecular weight is 562 g/mol. The summed E-state index contributed by atoms with van der Waals surface area (Å²) in [5.41, 5.74) is 3.57. The molecule has 3 atom stereocenters. The fraction of sp³-hybridized carbons (Fsp3) is 0.531. The van der Waals surface area contributed by atoms with Crippen molar-refractivity contribution in [1.82, 2.24) is 15.5 Å². The molecule has 2 aromatic rings. The number of hydrogen-bond donors (Lipinski definition) is 3. The van der Waals surface area contributed by atoms with Gasteiger partial charge in [0.15, 0.2) is 0 Å². The maximum Gasteiger partial charge on any atom is 0.255 e. The fourth-order valence-electron chi connectivity index (χ4n) is 7.30. The highest BCUT2D eigenvalue weighted by Crippen LogP contribution is 2.45. The minimum atomic E-state index is -0.596. The Labute approximate surface area is 240 Å². The van der Waals surface area contributed by atoms with Gasteiger partial charge in [-0.1, -0.05) is 49.6 Å². The maximum atomic E-state index is 13.1. The largest absolute Gasteiger partial charge is 0.390 e. The van der Waals surface area contributed by atoms with Gasteiger partial charge in [0.05, 0.1) is 5.60 Å². The zero-order valence-electron chi connectivity index (χ0n) is 23.0. The summed E-state index contributed by atoms with van der Waals surface area (Å²) in [5.74, 6) is 1.44. The molecule has 2 aliphatic carbocycles. The molecule has 2 aromatic carbocycles. The van der Waals surface area contributed by atoms with E-state index >= 15 is 0 Å². The number of amides is 3. The van der Waals surface area contributed by atoms with Crippen molar-refractivity contribution >= 4 is 29.5 Å². The summed E-state index contributed by atoms with van der Waals surface area (Å²) in [6.45, 7) is 2.02. The number of piperidine rings is 1. The van der Waals surface area contributed by atoms with Gasteiger partial charge in [0.2, 0.25) is 11.8 Å². The molecule has 4 aliphatic rings. The summed E-state index contributed by atoms with van der Waals surface area (Å²) >= 11 is 1.70. The Kier molecular flexibility index (Phi) is 8.02. The highest BCUT2D eigenvalue weighted by atomic mass is 32.2. The van der Waals surface area contributed by atoms with Gasteiger partial charge in [0.1, 0.15) is 6.04 Å². The van der Waals surface area contributed by atoms with Gasteiger partial charge in [-0.25, -0.2) is 0 Å². The minimum absolute atomic E-state index is 0.137. The van der Waals surface area contributed by atoms with E-state index in [-0.39, 0.29) is 24.1 Å². The molecule has 0 radical (unpaired) electrons. The molecule has 3 unspecified atom stereocenters. The highest BCUT2D eigenvalue weighted by molar-refractivity contribution is 7.98. The second-order valence-corrected chi connectivity index (χ2v) is 13.3. The van der Waals surface area contributed by atoms with E-state index in [2.05, 4.69) is 34.9 Å². The van der Waals surface area contributed by atoms with E-state index in [0.29, 0.717) is 18.5 Å². The molecule has 3 fully saturated rings. The molecule has 6 rings (SSSR count). The quantitative estimate of drug-likeness (QED) is 0.236. The predicted octanol–water partition coefficient (Wildman–Crippen LogP) is 4.55. The topological polar surface area (TPSA) is 98.7 Å². The van der Waals surface area contributed by atoms with Crippen LogP contribution < -0.4 is 10.6 Å². The smallest absolute Gasteiger partial charge is 0.255 e. The predicted molar refractivity (Wildman–Crippen MR) is 154 cm³/mol. The van der Waals surface area contributed by atoms with Gasteiger partial charge in [0.25, 0.3) is 5.91 Å². The lowest BCUT2D eigenvalue weighted by atomic mass is 9.65. The van der Waals surface area contributed by atoms with Crippen LogP contribution in [0.5, 0.6) is 0 Å². The van der Waals surface area contributed by atoms with Crippen LogP contribution in [-0.4, -0.2) is 45.9 Å². The summed E-state index contributed by atoms with van der Waals surface area (Å²) in [6, 6.07) is 13.8. The van der Waals surface area contributed by atoms with E-state index in [1.165, 1.54) is 36.8 Å². The van der Waals surface area contributed by atoms with Gasteiger partial charge in [-0.05, 0) is 79.3 Å². The van der Waals surface area contributed by atoms with Crippen molar-refractivity contribution < 1.29 is 19.5 Å². The molecule has 2 heterocycles. The Morgan fingerprint density at radius 1 is 1.00 bits per heavy atom. The van der Waals surface area contributed by atoms with Crippen LogP contribution in [0.1, 0.15) is 84.8 Å². The van der Waals surface area contributed by atoms with Crippen LogP contribution in [0, 0.1) is 11.8 Å². The number of fused-ring (bicyclic) bond motifs is 3. The zero-order valence-corrected chi connectivity index (χ0v) is 23.8. The number of carbonyl (C=O) groups is 3. The van der Waals surface area contributed by atoms with Gasteiger partial charge in [-0.15, -0.1) is 11.8 Å². The molecule has 0 aromatic heterocycles. The van der Waals surface area contributed by atoms with Crippen LogP contribution >= 0.6 is 11.8 Å². The number of aliphatic hydroxyl groups is 1. The molecule has 2 bridgehead atoms. The van der Waals surface area contributed by atoms with Crippen molar-refractivity contribution in [2.45, 2.75) is 93.2 Å². The van der Waals surface area contributed by atoms with Crippen LogP contribution in [-0.2, 0) is 28.4 Å². The Balaban J connectivity index is 0.989. The molecule has 2 saturated carbocycles. The van der Waals surface area contributed by atoms with Crippen LogP contribution in [0.2, 0.25) is 0 Å². The first-order valence-electron chi connectivity index (χ1n) is 14.8. The summed E-state index contributed by atoms with van der Waals surface area (Å²) in [6.07, 6.45) is 8.67. The first kappa shape index (κ1) is 27.5. The van der Waals surface area contributed by atoms with Crippen LogP contribution in [0.4, 0.5) is 0 Å². The number of hydrogen-bond acceptors (Lipinski definition) is 6. The molecule has 40 heavy (non-hydrogen) atoms. The molecule has 3 N–H and O–H groups in total. The van der Waals surface area contributed by atoms with Gasteiger partial charge in [-0.2, -0.15) is 0 Å². The third kappa shape index (κ3) is 5.99. The van der Waals surface area contributed by atoms with Crippen molar-refractivity contribution in [1.29, 1.82) is 0 Å². The second-order valence-electron chi connectivity index (χ2n) is 12.2. The summed E-state index contributed by atoms with van der Waals surface area (Å²) in [7, 11) is 0. The van der Waals surface area contributed by atoms with E-state index < -0.39 is 11.6 Å². The Morgan fingerprint density at radius 2 is 1.75 bits per heavy atom. The second kappa shape index (κ2) is 11.7. The number of nitrogens with zero attached hydrogens (tertiary/aromatic N) is 1. The molecular formula is C32H39N3O4S. The highest BCUT2D eigenvalue weighted by Gasteiger charge is 2.41. The van der Waals surface area contributed by atoms with Gasteiger partial charge in [-0.3, -0.25) is 19.7 Å². The van der Waals surface area contributed by atoms with E-state index in [1.54, 1.807) is 16.7 Å². The van der Waals surface area contributed by atoms with Crippen molar-refractivity contribution in [3.63, 3.8) is 0 Å². The third-order valence-electron chi connectivity index (χ3n) is 9.28. The summed E-state index contributed by atoms with van der Waals surface area (Å²) < 4.78 is 0. The lowest BCUT2D eigenvalue weighted by Gasteiger charge is -2.44. The molecular weight excluding hydrogens is 522 g/mol. The molecule has 1 saturated heterocycles. The van der Waals surface area contributed by atoms with Crippen molar-refractivity contribution in [3.8, 4) is 0 Å². The van der Waals surface area contributed by atoms with E-state index in [0.717, 1.165) is 60.4 Å². The zero-order chi connectivity index (χ0) is 27.7. The molecule has 212 valence electrons. The van der Waals surface area contributed by atoms with E-state index in [9.17, 15) is 19.5 Å². The van der Waals surface area contributed by atoms with Crippen LogP contribution in [0.3, 0.4) is 0 Å². The van der Waals surface area contributed by atoms with Gasteiger partial charge < -0.3 is 15.3 Å². The van der Waals surface area contributed by atoms with E-state index in [1.807, 2.05) is 18.2 Å². The normalized spacial score (nSPS) is 28.0. The standard InChI is InChI=1S/C32H39N3O4S/c36-29-12-11-27(30(37)34-29)35-19-26-25(31(35)38)5-2-6-28(26)40-20-22-9-7-21(8-10-22)18-33-14-13-32(39)16-23-3-1-4-24(15-23)17-32/h2,5-10,23-24,27,33,39H,1,3-4,11-20H2,(H,34,36,37). The number of benzene rings is 2. The fourth-order valence-corrected chi connectivity index (χ4v) is 8.33. The lowest BCUT2D eigenvalue weighted by molar-refractivity contribution is -0.136. The third-order valence-corrected chi connectivity index (χ3v) is 10.5. The average Bonchev–Trinajstić information content (AvgIpc) is 3.27. The van der Waals surface area contributed by atoms with Gasteiger partial charge >= 0.3 is 0 Å². The molecule has 8 heteroatoms. The maximum absolute atomic E-state index is 13.1. The van der Waals surface area contributed by atoms with Crippen molar-refractivity contribution in [2.75, 3.05) is 6.54 Å². The van der Waals surface area contributed by atoms with Crippen LogP contribution in [0.15, 0.2) is 47.4 Å². The Bertz CT molecular complexity index is 1270. The number of imide groups is 1. The number of thioether (sulfide) groups is 1. The number of rotatable bonds is 9. The number of carbonyl (C=O) groups excluding carboxylic acids is 3. The summed E-state index contributed by atoms with van der Waals surface area (Å²) in [4.78, 5) is 39.7. The molecule has 3 amide bonds. The monoisotopic (exact) mass is 561 g/mol. The van der Waals surface area contributed by atoms with Crippen molar-refractivity contribution in [2.24, 2.45) is 11.8 Å². The Morgan fingerprint density at radius 3 is 2.50 bits per heavy atom.